The van der Waals surface area contributed by atoms with Crippen LogP contribution in [-0.2, 0) is 30.8 Å². The summed E-state index contributed by atoms with van der Waals surface area (Å²) < 4.78 is 4.09. The fourth-order valence-corrected chi connectivity index (χ4v) is 2.99. The van der Waals surface area contributed by atoms with Crippen molar-refractivity contribution in [3.8, 4) is 0 Å². The summed E-state index contributed by atoms with van der Waals surface area (Å²) >= 11 is 5.22. The number of rotatable bonds is 8. The topological polar surface area (TPSA) is 80.5 Å². The van der Waals surface area contributed by atoms with E-state index >= 15 is 0 Å². The average molecular weight is 370 g/mol. The Bertz CT molecular complexity index is 912. The van der Waals surface area contributed by atoms with Gasteiger partial charge in [0, 0.05) is 25.4 Å². The summed E-state index contributed by atoms with van der Waals surface area (Å²) in [5, 5.41) is 14.2. The smallest absolute Gasteiger partial charge is 0.240 e. The Hall–Kier alpha value is -2.74. The lowest BCUT2D eigenvalue weighted by Gasteiger charge is -2.12. The van der Waals surface area contributed by atoms with Crippen LogP contribution in [0.3, 0.4) is 0 Å². The number of hydrogen-bond donors (Lipinski definition) is 2. The molecule has 0 radical (unpaired) electrons. The molecule has 26 heavy (non-hydrogen) atoms. The van der Waals surface area contributed by atoms with E-state index in [-0.39, 0.29) is 12.5 Å². The Morgan fingerprint density at radius 3 is 2.81 bits per heavy atom. The number of nitrogens with one attached hydrogen (secondary N) is 2. The Balaban J connectivity index is 1.63. The lowest BCUT2D eigenvalue weighted by atomic mass is 10.1. The minimum atomic E-state index is -0.0891. The van der Waals surface area contributed by atoms with Crippen molar-refractivity contribution in [1.29, 1.82) is 0 Å². The number of amides is 1. The lowest BCUT2D eigenvalue weighted by Crippen LogP contribution is -2.28. The fraction of sp³-hybridized carbons (Fsp3) is 0.333. The summed E-state index contributed by atoms with van der Waals surface area (Å²) in [4.78, 5) is 12.4. The summed E-state index contributed by atoms with van der Waals surface area (Å²) in [6, 6.07) is 9.93. The number of aromatic amines is 1. The zero-order valence-electron chi connectivity index (χ0n) is 14.7. The lowest BCUT2D eigenvalue weighted by molar-refractivity contribution is -0.121. The SMILES string of the molecule is CCCc1n[nH]c(=S)n1CC(=O)NCc1ccccc1Cn1cccn1. The molecule has 0 aliphatic rings. The molecular weight excluding hydrogens is 348 g/mol. The number of nitrogens with zero attached hydrogens (tertiary/aromatic N) is 4. The first kappa shape index (κ1) is 18.1. The van der Waals surface area contributed by atoms with Crippen LogP contribution in [-0.4, -0.2) is 30.5 Å². The molecule has 0 atom stereocenters. The number of aromatic nitrogens is 5. The van der Waals surface area contributed by atoms with Crippen molar-refractivity contribution in [2.24, 2.45) is 0 Å². The van der Waals surface area contributed by atoms with Gasteiger partial charge in [0.15, 0.2) is 4.77 Å². The maximum absolute atomic E-state index is 12.4. The van der Waals surface area contributed by atoms with Crippen LogP contribution in [0, 0.1) is 4.77 Å². The third kappa shape index (κ3) is 4.45. The van der Waals surface area contributed by atoms with Gasteiger partial charge in [0.05, 0.1) is 6.54 Å². The molecule has 0 spiro atoms. The van der Waals surface area contributed by atoms with E-state index in [1.54, 1.807) is 10.8 Å². The van der Waals surface area contributed by atoms with E-state index in [4.69, 9.17) is 12.2 Å². The Morgan fingerprint density at radius 2 is 2.08 bits per heavy atom. The van der Waals surface area contributed by atoms with Crippen molar-refractivity contribution in [3.05, 3.63) is 64.4 Å². The molecule has 3 rings (SSSR count). The monoisotopic (exact) mass is 370 g/mol. The van der Waals surface area contributed by atoms with Gasteiger partial charge in [-0.25, -0.2) is 0 Å². The van der Waals surface area contributed by atoms with Gasteiger partial charge >= 0.3 is 0 Å². The zero-order chi connectivity index (χ0) is 18.4. The van der Waals surface area contributed by atoms with Crippen LogP contribution in [0.4, 0.5) is 0 Å². The first-order valence-corrected chi connectivity index (χ1v) is 9.03. The minimum Gasteiger partial charge on any atom is -0.350 e. The number of hydrogen-bond acceptors (Lipinski definition) is 4. The first-order chi connectivity index (χ1) is 12.7. The van der Waals surface area contributed by atoms with Crippen LogP contribution in [0.15, 0.2) is 42.7 Å². The van der Waals surface area contributed by atoms with Crippen molar-refractivity contribution in [3.63, 3.8) is 0 Å². The molecule has 0 saturated carbocycles. The minimum absolute atomic E-state index is 0.0891. The van der Waals surface area contributed by atoms with Crippen molar-refractivity contribution >= 4 is 18.1 Å². The molecule has 0 aliphatic heterocycles. The van der Waals surface area contributed by atoms with E-state index in [9.17, 15) is 4.79 Å². The number of H-pyrrole nitrogens is 1. The molecule has 3 aromatic rings. The molecule has 0 saturated heterocycles. The second-order valence-corrected chi connectivity index (χ2v) is 6.42. The molecule has 1 aromatic carbocycles. The van der Waals surface area contributed by atoms with E-state index in [0.29, 0.717) is 17.9 Å². The van der Waals surface area contributed by atoms with Crippen molar-refractivity contribution < 1.29 is 4.79 Å². The molecule has 2 heterocycles. The first-order valence-electron chi connectivity index (χ1n) is 8.62. The zero-order valence-corrected chi connectivity index (χ0v) is 15.5. The van der Waals surface area contributed by atoms with E-state index in [1.165, 1.54) is 0 Å². The van der Waals surface area contributed by atoms with Gasteiger partial charge in [-0.3, -0.25) is 19.1 Å². The second-order valence-electron chi connectivity index (χ2n) is 6.03. The molecule has 136 valence electrons. The molecule has 1 amide bonds. The highest BCUT2D eigenvalue weighted by Crippen LogP contribution is 2.10. The summed E-state index contributed by atoms with van der Waals surface area (Å²) in [5.74, 6) is 0.723. The van der Waals surface area contributed by atoms with Crippen LogP contribution in [0.1, 0.15) is 30.3 Å². The van der Waals surface area contributed by atoms with E-state index in [0.717, 1.165) is 29.8 Å². The average Bonchev–Trinajstić information content (AvgIpc) is 3.26. The molecule has 8 heteroatoms. The van der Waals surface area contributed by atoms with Gasteiger partial charge in [-0.2, -0.15) is 10.2 Å². The summed E-state index contributed by atoms with van der Waals surface area (Å²) in [5.41, 5.74) is 2.20. The molecule has 2 aromatic heterocycles. The number of aryl methyl sites for hydroxylation is 1. The quantitative estimate of drug-likeness (QED) is 0.597. The van der Waals surface area contributed by atoms with Gasteiger partial charge in [0.1, 0.15) is 12.4 Å². The second kappa shape index (κ2) is 8.57. The van der Waals surface area contributed by atoms with E-state index in [1.807, 2.05) is 35.1 Å². The standard InChI is InChI=1S/C18H22N6OS/c1-2-6-16-21-22-18(26)24(16)13-17(25)19-11-14-7-3-4-8-15(14)12-23-10-5-9-20-23/h3-5,7-10H,2,6,11-13H2,1H3,(H,19,25)(H,22,26). The van der Waals surface area contributed by atoms with E-state index in [2.05, 4.69) is 33.6 Å². The molecule has 0 aliphatic carbocycles. The molecule has 2 N–H and O–H groups in total. The van der Waals surface area contributed by atoms with Crippen LogP contribution >= 0.6 is 12.2 Å². The molecular formula is C18H22N6OS. The Kier molecular flexibility index (Phi) is 5.96. The van der Waals surface area contributed by atoms with Gasteiger partial charge < -0.3 is 5.32 Å². The van der Waals surface area contributed by atoms with E-state index < -0.39 is 0 Å². The van der Waals surface area contributed by atoms with Crippen LogP contribution in [0.2, 0.25) is 0 Å². The number of benzene rings is 1. The highest BCUT2D eigenvalue weighted by Gasteiger charge is 2.11. The van der Waals surface area contributed by atoms with Crippen molar-refractivity contribution in [2.75, 3.05) is 0 Å². The third-order valence-corrected chi connectivity index (χ3v) is 4.41. The predicted molar refractivity (Wildman–Crippen MR) is 101 cm³/mol. The van der Waals surface area contributed by atoms with Crippen LogP contribution in [0.25, 0.3) is 0 Å². The highest BCUT2D eigenvalue weighted by molar-refractivity contribution is 7.71. The molecule has 7 nitrogen and oxygen atoms in total. The summed E-state index contributed by atoms with van der Waals surface area (Å²) in [7, 11) is 0. The maximum atomic E-state index is 12.4. The summed E-state index contributed by atoms with van der Waals surface area (Å²) in [6.45, 7) is 3.38. The summed E-state index contributed by atoms with van der Waals surface area (Å²) in [6.07, 6.45) is 5.41. The largest absolute Gasteiger partial charge is 0.350 e. The van der Waals surface area contributed by atoms with Gasteiger partial charge in [0.25, 0.3) is 0 Å². The van der Waals surface area contributed by atoms with Gasteiger partial charge in [0.2, 0.25) is 5.91 Å². The van der Waals surface area contributed by atoms with Crippen molar-refractivity contribution in [2.45, 2.75) is 39.4 Å². The van der Waals surface area contributed by atoms with Crippen LogP contribution < -0.4 is 5.32 Å². The number of carbonyl (C=O) groups excluding carboxylic acids is 1. The third-order valence-electron chi connectivity index (χ3n) is 4.10. The van der Waals surface area contributed by atoms with Crippen molar-refractivity contribution in [1.82, 2.24) is 29.9 Å². The molecule has 0 unspecified atom stereocenters. The highest BCUT2D eigenvalue weighted by atomic mass is 32.1. The number of carbonyl (C=O) groups is 1. The molecule has 0 bridgehead atoms. The van der Waals surface area contributed by atoms with Gasteiger partial charge in [-0.05, 0) is 35.8 Å². The predicted octanol–water partition coefficient (Wildman–Crippen LogP) is 2.45. The van der Waals surface area contributed by atoms with Gasteiger partial charge in [-0.1, -0.05) is 31.2 Å². The Morgan fingerprint density at radius 1 is 1.27 bits per heavy atom. The normalized spacial score (nSPS) is 10.8. The fourth-order valence-electron chi connectivity index (χ4n) is 2.77. The van der Waals surface area contributed by atoms with Crippen LogP contribution in [0.5, 0.6) is 0 Å². The maximum Gasteiger partial charge on any atom is 0.240 e. The molecule has 0 fully saturated rings. The van der Waals surface area contributed by atoms with Gasteiger partial charge in [-0.15, -0.1) is 0 Å². The Labute approximate surface area is 157 Å².